The average molecular weight is 172 g/mol. The predicted molar refractivity (Wildman–Crippen MR) is 56.4 cm³/mol. The van der Waals surface area contributed by atoms with Crippen LogP contribution >= 0.6 is 0 Å². The van der Waals surface area contributed by atoms with Crippen LogP contribution in [0.3, 0.4) is 0 Å². The van der Waals surface area contributed by atoms with Crippen LogP contribution in [0.5, 0.6) is 0 Å². The number of nitrogens with zero attached hydrogens (tertiary/aromatic N) is 1. The second-order valence-corrected chi connectivity index (χ2v) is 2.92. The van der Waals surface area contributed by atoms with E-state index >= 15 is 0 Å². The minimum absolute atomic E-state index is 0.833. The van der Waals surface area contributed by atoms with E-state index in [1.807, 2.05) is 31.5 Å². The fourth-order valence-corrected chi connectivity index (χ4v) is 1.39. The predicted octanol–water partition coefficient (Wildman–Crippen LogP) is 2.61. The van der Waals surface area contributed by atoms with Gasteiger partial charge in [-0.1, -0.05) is 18.2 Å². The lowest BCUT2D eigenvalue weighted by Gasteiger charge is -1.89. The zero-order valence-corrected chi connectivity index (χ0v) is 7.62. The lowest BCUT2D eigenvalue weighted by Crippen LogP contribution is -1.78. The highest BCUT2D eigenvalue weighted by atomic mass is 14.7. The molecule has 0 bridgehead atoms. The van der Waals surface area contributed by atoms with E-state index in [0.717, 1.165) is 12.1 Å². The molecule has 66 valence electrons. The number of nitrogens with one attached hydrogen (secondary N) is 1. The number of hydrogen-bond acceptors (Lipinski definition) is 1. The molecular weight excluding hydrogens is 160 g/mol. The molecule has 0 aliphatic carbocycles. The van der Waals surface area contributed by atoms with Crippen LogP contribution in [0.2, 0.25) is 0 Å². The van der Waals surface area contributed by atoms with Gasteiger partial charge in [0.15, 0.2) is 0 Å². The maximum atomic E-state index is 4.22. The van der Waals surface area contributed by atoms with E-state index in [1.54, 1.807) is 0 Å². The van der Waals surface area contributed by atoms with Crippen molar-refractivity contribution in [3.05, 3.63) is 36.0 Å². The van der Waals surface area contributed by atoms with Crippen molar-refractivity contribution >= 4 is 17.1 Å². The molecular formula is C11H12N2. The molecule has 1 heterocycles. The Labute approximate surface area is 77.3 Å². The van der Waals surface area contributed by atoms with Crippen LogP contribution in [-0.2, 0) is 0 Å². The highest BCUT2D eigenvalue weighted by Crippen LogP contribution is 2.15. The third-order valence-corrected chi connectivity index (χ3v) is 2.03. The van der Waals surface area contributed by atoms with Crippen LogP contribution in [-0.4, -0.2) is 17.7 Å². The lowest BCUT2D eigenvalue weighted by atomic mass is 10.2. The zero-order chi connectivity index (χ0) is 9.10. The van der Waals surface area contributed by atoms with Gasteiger partial charge in [0, 0.05) is 35.4 Å². The fraction of sp³-hybridized carbons (Fsp3) is 0.182. The number of aromatic amines is 1. The van der Waals surface area contributed by atoms with Crippen molar-refractivity contribution in [2.45, 2.75) is 6.92 Å². The Morgan fingerprint density at radius 1 is 1.38 bits per heavy atom. The molecule has 0 saturated carbocycles. The van der Waals surface area contributed by atoms with Crippen LogP contribution in [0.4, 0.5) is 0 Å². The average Bonchev–Trinajstić information content (AvgIpc) is 2.58. The summed E-state index contributed by atoms with van der Waals surface area (Å²) >= 11 is 0. The molecule has 2 heteroatoms. The Hall–Kier alpha value is -1.57. The maximum Gasteiger partial charge on any atom is 0.0460 e. The van der Waals surface area contributed by atoms with Crippen molar-refractivity contribution < 1.29 is 0 Å². The molecule has 0 spiro atoms. The largest absolute Gasteiger partial charge is 0.361 e. The Bertz CT molecular complexity index is 426. The molecule has 13 heavy (non-hydrogen) atoms. The first-order chi connectivity index (χ1) is 6.42. The van der Waals surface area contributed by atoms with Crippen molar-refractivity contribution in [2.24, 2.45) is 4.99 Å². The Morgan fingerprint density at radius 3 is 3.08 bits per heavy atom. The number of rotatable bonds is 2. The molecule has 0 aliphatic heterocycles. The summed E-state index contributed by atoms with van der Waals surface area (Å²) in [5.41, 5.74) is 2.33. The summed E-state index contributed by atoms with van der Waals surface area (Å²) in [5, 5.41) is 1.24. The highest BCUT2D eigenvalue weighted by molar-refractivity contribution is 5.98. The molecule has 0 fully saturated rings. The van der Waals surface area contributed by atoms with Crippen LogP contribution in [0.1, 0.15) is 12.5 Å². The van der Waals surface area contributed by atoms with E-state index in [9.17, 15) is 0 Å². The molecule has 0 amide bonds. The number of H-pyrrole nitrogens is 1. The van der Waals surface area contributed by atoms with E-state index in [4.69, 9.17) is 0 Å². The van der Waals surface area contributed by atoms with E-state index in [1.165, 1.54) is 10.9 Å². The van der Waals surface area contributed by atoms with Gasteiger partial charge in [-0.25, -0.2) is 0 Å². The molecule has 1 aromatic heterocycles. The van der Waals surface area contributed by atoms with Crippen molar-refractivity contribution in [2.75, 3.05) is 6.54 Å². The van der Waals surface area contributed by atoms with Gasteiger partial charge in [0.1, 0.15) is 0 Å². The quantitative estimate of drug-likeness (QED) is 0.674. The number of aliphatic imine (C=N–C) groups is 1. The second-order valence-electron chi connectivity index (χ2n) is 2.92. The summed E-state index contributed by atoms with van der Waals surface area (Å²) in [5.74, 6) is 0. The van der Waals surface area contributed by atoms with Crippen molar-refractivity contribution in [1.29, 1.82) is 0 Å². The molecule has 0 atom stereocenters. The van der Waals surface area contributed by atoms with Gasteiger partial charge >= 0.3 is 0 Å². The van der Waals surface area contributed by atoms with E-state index in [2.05, 4.69) is 22.1 Å². The number of benzene rings is 1. The topological polar surface area (TPSA) is 28.1 Å². The molecule has 1 N–H and O–H groups in total. The molecule has 0 aliphatic rings. The van der Waals surface area contributed by atoms with Gasteiger partial charge in [0.2, 0.25) is 0 Å². The first kappa shape index (κ1) is 8.05. The molecule has 0 unspecified atom stereocenters. The van der Waals surface area contributed by atoms with E-state index in [0.29, 0.717) is 0 Å². The van der Waals surface area contributed by atoms with Crippen LogP contribution in [0.25, 0.3) is 10.9 Å². The summed E-state index contributed by atoms with van der Waals surface area (Å²) in [6.07, 6.45) is 3.91. The van der Waals surface area contributed by atoms with Gasteiger partial charge in [-0.3, -0.25) is 4.99 Å². The Morgan fingerprint density at radius 2 is 2.23 bits per heavy atom. The fourth-order valence-electron chi connectivity index (χ4n) is 1.39. The first-order valence-corrected chi connectivity index (χ1v) is 4.47. The Balaban J connectivity index is 2.52. The maximum absolute atomic E-state index is 4.22. The minimum Gasteiger partial charge on any atom is -0.361 e. The molecule has 2 nitrogen and oxygen atoms in total. The van der Waals surface area contributed by atoms with Crippen molar-refractivity contribution in [3.8, 4) is 0 Å². The van der Waals surface area contributed by atoms with Gasteiger partial charge in [0.25, 0.3) is 0 Å². The summed E-state index contributed by atoms with van der Waals surface area (Å²) in [6, 6.07) is 8.24. The van der Waals surface area contributed by atoms with Gasteiger partial charge in [-0.05, 0) is 13.0 Å². The second kappa shape index (κ2) is 3.44. The summed E-state index contributed by atoms with van der Waals surface area (Å²) < 4.78 is 0. The summed E-state index contributed by atoms with van der Waals surface area (Å²) in [4.78, 5) is 7.43. The molecule has 0 saturated heterocycles. The first-order valence-electron chi connectivity index (χ1n) is 4.47. The van der Waals surface area contributed by atoms with Gasteiger partial charge in [-0.2, -0.15) is 0 Å². The minimum atomic E-state index is 0.833. The van der Waals surface area contributed by atoms with Crippen LogP contribution in [0.15, 0.2) is 35.5 Å². The molecule has 2 rings (SSSR count). The molecule has 0 radical (unpaired) electrons. The standard InChI is InChI=1S/C11H12N2/c1-2-12-7-9-8-13-11-6-4-3-5-10(9)11/h3-8,13H,2H2,1H3. The molecule has 2 aromatic rings. The normalized spacial score (nSPS) is 11.5. The van der Waals surface area contributed by atoms with E-state index < -0.39 is 0 Å². The highest BCUT2D eigenvalue weighted by Gasteiger charge is 1.98. The van der Waals surface area contributed by atoms with Crippen LogP contribution < -0.4 is 0 Å². The Kier molecular flexibility index (Phi) is 2.13. The number of hydrogen-bond donors (Lipinski definition) is 1. The van der Waals surface area contributed by atoms with Crippen molar-refractivity contribution in [1.82, 2.24) is 4.98 Å². The lowest BCUT2D eigenvalue weighted by molar-refractivity contribution is 1.14. The number of fused-ring (bicyclic) bond motifs is 1. The SMILES string of the molecule is CCN=Cc1c[nH]c2ccccc12. The van der Waals surface area contributed by atoms with Crippen LogP contribution in [0, 0.1) is 0 Å². The molecule has 1 aromatic carbocycles. The monoisotopic (exact) mass is 172 g/mol. The summed E-state index contributed by atoms with van der Waals surface area (Å²) in [6.45, 7) is 2.87. The van der Waals surface area contributed by atoms with Crippen molar-refractivity contribution in [3.63, 3.8) is 0 Å². The van der Waals surface area contributed by atoms with Gasteiger partial charge in [-0.15, -0.1) is 0 Å². The number of aromatic nitrogens is 1. The zero-order valence-electron chi connectivity index (χ0n) is 7.62. The van der Waals surface area contributed by atoms with Gasteiger partial charge in [0.05, 0.1) is 0 Å². The third kappa shape index (κ3) is 1.47. The summed E-state index contributed by atoms with van der Waals surface area (Å²) in [7, 11) is 0. The smallest absolute Gasteiger partial charge is 0.0460 e. The van der Waals surface area contributed by atoms with E-state index in [-0.39, 0.29) is 0 Å². The third-order valence-electron chi connectivity index (χ3n) is 2.03. The number of para-hydroxylation sites is 1. The van der Waals surface area contributed by atoms with Gasteiger partial charge < -0.3 is 4.98 Å².